The number of benzene rings is 1. The normalized spacial score (nSPS) is 17.5. The van der Waals surface area contributed by atoms with Crippen molar-refractivity contribution in [3.05, 3.63) is 41.3 Å². The molecule has 1 aromatic rings. The fourth-order valence-electron chi connectivity index (χ4n) is 2.39. The monoisotopic (exact) mass is 205 g/mol. The summed E-state index contributed by atoms with van der Waals surface area (Å²) in [4.78, 5) is 0. The third-order valence-corrected chi connectivity index (χ3v) is 3.41. The standard InChI is InChI=1S/C14H18F/c1-11(10-15)13-7-4-8-14(9-13)12-5-2-3-6-12/h4,7-9,12H,2-3,5-6,10H2,1H3. The molecule has 0 N–H and O–H groups in total. The number of hydrogen-bond acceptors (Lipinski definition) is 0. The zero-order valence-corrected chi connectivity index (χ0v) is 9.30. The highest BCUT2D eigenvalue weighted by Crippen LogP contribution is 2.34. The van der Waals surface area contributed by atoms with E-state index in [4.69, 9.17) is 0 Å². The van der Waals surface area contributed by atoms with Gasteiger partial charge in [0, 0.05) is 5.92 Å². The minimum absolute atomic E-state index is 0.339. The van der Waals surface area contributed by atoms with Crippen molar-refractivity contribution in [2.45, 2.75) is 38.5 Å². The lowest BCUT2D eigenvalue weighted by Gasteiger charge is -2.13. The molecule has 1 saturated carbocycles. The zero-order valence-electron chi connectivity index (χ0n) is 9.30. The van der Waals surface area contributed by atoms with Crippen LogP contribution in [0, 0.1) is 5.92 Å². The van der Waals surface area contributed by atoms with Crippen molar-refractivity contribution in [2.24, 2.45) is 0 Å². The second-order valence-electron chi connectivity index (χ2n) is 4.52. The fraction of sp³-hybridized carbons (Fsp3) is 0.500. The molecule has 1 aromatic carbocycles. The van der Waals surface area contributed by atoms with Crippen molar-refractivity contribution in [1.29, 1.82) is 0 Å². The summed E-state index contributed by atoms with van der Waals surface area (Å²) in [7, 11) is 0. The third-order valence-electron chi connectivity index (χ3n) is 3.41. The quantitative estimate of drug-likeness (QED) is 0.691. The summed E-state index contributed by atoms with van der Waals surface area (Å²) in [5.41, 5.74) is 2.47. The van der Waals surface area contributed by atoms with Crippen LogP contribution in [0.3, 0.4) is 0 Å². The first kappa shape index (κ1) is 10.7. The largest absolute Gasteiger partial charge is 0.250 e. The molecule has 1 heteroatoms. The minimum atomic E-state index is -0.339. The Kier molecular flexibility index (Phi) is 3.40. The van der Waals surface area contributed by atoms with Gasteiger partial charge in [-0.25, -0.2) is 0 Å². The molecule has 0 heterocycles. The molecule has 0 bridgehead atoms. The molecule has 0 saturated heterocycles. The van der Waals surface area contributed by atoms with E-state index in [1.165, 1.54) is 31.2 Å². The molecule has 1 radical (unpaired) electrons. The second-order valence-corrected chi connectivity index (χ2v) is 4.52. The number of alkyl halides is 1. The molecule has 0 spiro atoms. The topological polar surface area (TPSA) is 0 Å². The highest BCUT2D eigenvalue weighted by molar-refractivity contribution is 5.35. The molecular formula is C14H18F. The first-order valence-corrected chi connectivity index (χ1v) is 5.80. The van der Waals surface area contributed by atoms with Crippen LogP contribution in [-0.4, -0.2) is 6.67 Å². The van der Waals surface area contributed by atoms with E-state index in [2.05, 4.69) is 18.2 Å². The van der Waals surface area contributed by atoms with E-state index in [0.717, 1.165) is 17.4 Å². The fourth-order valence-corrected chi connectivity index (χ4v) is 2.39. The summed E-state index contributed by atoms with van der Waals surface area (Å²) in [6, 6.07) is 8.42. The molecule has 1 aliphatic carbocycles. The van der Waals surface area contributed by atoms with Crippen LogP contribution in [0.15, 0.2) is 24.3 Å². The summed E-state index contributed by atoms with van der Waals surface area (Å²) >= 11 is 0. The van der Waals surface area contributed by atoms with E-state index in [1.807, 2.05) is 13.0 Å². The summed E-state index contributed by atoms with van der Waals surface area (Å²) in [5.74, 6) is 1.56. The van der Waals surface area contributed by atoms with Gasteiger partial charge in [-0.2, -0.15) is 0 Å². The molecule has 0 aromatic heterocycles. The molecule has 15 heavy (non-hydrogen) atoms. The summed E-state index contributed by atoms with van der Waals surface area (Å²) in [6.45, 7) is 1.53. The molecule has 81 valence electrons. The third kappa shape index (κ3) is 2.39. The highest BCUT2D eigenvalue weighted by atomic mass is 19.1. The first-order valence-electron chi connectivity index (χ1n) is 5.80. The van der Waals surface area contributed by atoms with Gasteiger partial charge < -0.3 is 0 Å². The Bertz CT molecular complexity index is 313. The minimum Gasteiger partial charge on any atom is -0.250 e. The van der Waals surface area contributed by atoms with Crippen molar-refractivity contribution in [1.82, 2.24) is 0 Å². The maximum absolute atomic E-state index is 12.5. The Labute approximate surface area is 91.5 Å². The van der Waals surface area contributed by atoms with Gasteiger partial charge in [0.2, 0.25) is 0 Å². The Hall–Kier alpha value is -0.850. The molecular weight excluding hydrogens is 187 g/mol. The van der Waals surface area contributed by atoms with Crippen LogP contribution in [0.1, 0.15) is 49.7 Å². The molecule has 0 nitrogen and oxygen atoms in total. The molecule has 0 aliphatic heterocycles. The van der Waals surface area contributed by atoms with Gasteiger partial charge in [-0.1, -0.05) is 44.0 Å². The van der Waals surface area contributed by atoms with E-state index in [-0.39, 0.29) is 6.67 Å². The van der Waals surface area contributed by atoms with Crippen LogP contribution < -0.4 is 0 Å². The van der Waals surface area contributed by atoms with Crippen molar-refractivity contribution in [3.8, 4) is 0 Å². The molecule has 1 fully saturated rings. The Morgan fingerprint density at radius 2 is 2.07 bits per heavy atom. The molecule has 1 aliphatic rings. The number of halogens is 1. The van der Waals surface area contributed by atoms with Gasteiger partial charge in [-0.3, -0.25) is 4.39 Å². The van der Waals surface area contributed by atoms with Crippen LogP contribution in [0.25, 0.3) is 0 Å². The highest BCUT2D eigenvalue weighted by Gasteiger charge is 2.17. The lowest BCUT2D eigenvalue weighted by Crippen LogP contribution is -1.99. The average molecular weight is 205 g/mol. The van der Waals surface area contributed by atoms with Gasteiger partial charge in [0.25, 0.3) is 0 Å². The zero-order chi connectivity index (χ0) is 10.7. The van der Waals surface area contributed by atoms with Crippen molar-refractivity contribution < 1.29 is 4.39 Å². The SMILES string of the molecule is C[C](CF)c1cccc(C2CCCC2)c1. The van der Waals surface area contributed by atoms with Crippen LogP contribution in [0.2, 0.25) is 0 Å². The predicted molar refractivity (Wildman–Crippen MR) is 61.6 cm³/mol. The summed E-state index contributed by atoms with van der Waals surface area (Å²) in [6.07, 6.45) is 5.30. The van der Waals surface area contributed by atoms with Crippen LogP contribution in [-0.2, 0) is 0 Å². The maximum Gasteiger partial charge on any atom is 0.0997 e. The molecule has 0 atom stereocenters. The predicted octanol–water partition coefficient (Wildman–Crippen LogP) is 4.26. The van der Waals surface area contributed by atoms with Crippen LogP contribution in [0.4, 0.5) is 4.39 Å². The molecule has 0 amide bonds. The van der Waals surface area contributed by atoms with E-state index in [0.29, 0.717) is 0 Å². The Morgan fingerprint density at radius 3 is 2.73 bits per heavy atom. The van der Waals surface area contributed by atoms with E-state index < -0.39 is 0 Å². The smallest absolute Gasteiger partial charge is 0.0997 e. The van der Waals surface area contributed by atoms with Gasteiger partial charge >= 0.3 is 0 Å². The Balaban J connectivity index is 2.18. The molecule has 2 rings (SSSR count). The van der Waals surface area contributed by atoms with Gasteiger partial charge in [0.15, 0.2) is 0 Å². The van der Waals surface area contributed by atoms with Crippen molar-refractivity contribution in [3.63, 3.8) is 0 Å². The lowest BCUT2D eigenvalue weighted by atomic mass is 9.93. The number of rotatable bonds is 3. The van der Waals surface area contributed by atoms with Crippen LogP contribution >= 0.6 is 0 Å². The lowest BCUT2D eigenvalue weighted by molar-refractivity contribution is 0.516. The van der Waals surface area contributed by atoms with Gasteiger partial charge in [-0.05, 0) is 29.9 Å². The van der Waals surface area contributed by atoms with E-state index in [9.17, 15) is 4.39 Å². The Morgan fingerprint density at radius 1 is 1.33 bits per heavy atom. The van der Waals surface area contributed by atoms with E-state index in [1.54, 1.807) is 0 Å². The van der Waals surface area contributed by atoms with Crippen LogP contribution in [0.5, 0.6) is 0 Å². The number of hydrogen-bond donors (Lipinski definition) is 0. The second kappa shape index (κ2) is 4.78. The van der Waals surface area contributed by atoms with Gasteiger partial charge in [0.05, 0.1) is 6.67 Å². The van der Waals surface area contributed by atoms with Gasteiger partial charge in [0.1, 0.15) is 0 Å². The summed E-state index contributed by atoms with van der Waals surface area (Å²) < 4.78 is 12.5. The van der Waals surface area contributed by atoms with Crippen molar-refractivity contribution in [2.75, 3.05) is 6.67 Å². The van der Waals surface area contributed by atoms with Crippen molar-refractivity contribution >= 4 is 0 Å². The molecule has 0 unspecified atom stereocenters. The first-order chi connectivity index (χ1) is 7.31. The average Bonchev–Trinajstić information content (AvgIpc) is 2.82. The van der Waals surface area contributed by atoms with E-state index >= 15 is 0 Å². The maximum atomic E-state index is 12.5. The summed E-state index contributed by atoms with van der Waals surface area (Å²) in [5, 5.41) is 0. The van der Waals surface area contributed by atoms with Gasteiger partial charge in [-0.15, -0.1) is 0 Å².